The highest BCUT2D eigenvalue weighted by molar-refractivity contribution is 5.88. The first-order chi connectivity index (χ1) is 9.92. The zero-order chi connectivity index (χ0) is 17.1. The Morgan fingerprint density at radius 3 is 2.27 bits per heavy atom. The van der Waals surface area contributed by atoms with Gasteiger partial charge in [-0.2, -0.15) is 0 Å². The molecule has 1 rings (SSSR count). The van der Waals surface area contributed by atoms with Gasteiger partial charge in [0.15, 0.2) is 0 Å². The maximum Gasteiger partial charge on any atom is 0.407 e. The van der Waals surface area contributed by atoms with Crippen LogP contribution in [0.25, 0.3) is 0 Å². The van der Waals surface area contributed by atoms with Gasteiger partial charge in [-0.05, 0) is 51.0 Å². The second kappa shape index (κ2) is 6.38. The quantitative estimate of drug-likeness (QED) is 0.892. The van der Waals surface area contributed by atoms with E-state index in [1.807, 2.05) is 20.8 Å². The normalized spacial score (nSPS) is 11.9. The van der Waals surface area contributed by atoms with Gasteiger partial charge in [-0.1, -0.05) is 19.9 Å². The number of aromatic carboxylic acids is 1. The highest BCUT2D eigenvalue weighted by Gasteiger charge is 2.25. The fourth-order valence-electron chi connectivity index (χ4n) is 2.19. The molecule has 1 aromatic rings. The van der Waals surface area contributed by atoms with Crippen molar-refractivity contribution in [3.63, 3.8) is 0 Å². The van der Waals surface area contributed by atoms with Crippen LogP contribution in [-0.4, -0.2) is 29.3 Å². The Hall–Kier alpha value is -2.04. The number of carboxylic acids is 1. The number of carbonyl (C=O) groups is 2. The molecule has 0 heterocycles. The van der Waals surface area contributed by atoms with Crippen LogP contribution in [0.3, 0.4) is 0 Å². The summed E-state index contributed by atoms with van der Waals surface area (Å²) in [6, 6.07) is 5.03. The summed E-state index contributed by atoms with van der Waals surface area (Å²) < 4.78 is 5.22. The minimum absolute atomic E-state index is 0.242. The Morgan fingerprint density at radius 1 is 1.18 bits per heavy atom. The van der Waals surface area contributed by atoms with Crippen molar-refractivity contribution in [2.24, 2.45) is 0 Å². The maximum absolute atomic E-state index is 11.8. The molecule has 0 spiro atoms. The fraction of sp³-hybridized carbons (Fsp3) is 0.529. The predicted molar refractivity (Wildman–Crippen MR) is 85.4 cm³/mol. The lowest BCUT2D eigenvalue weighted by molar-refractivity contribution is 0.0516. The molecule has 1 aromatic carbocycles. The largest absolute Gasteiger partial charge is 0.478 e. The standard InChI is InChI=1S/C17H25NO4/c1-11-7-8-12(14(19)20)9-13(11)17(5,6)10-18-15(21)22-16(2,3)4/h7-9H,10H2,1-6H3,(H,18,21)(H,19,20). The summed E-state index contributed by atoms with van der Waals surface area (Å²) in [5.74, 6) is -0.961. The third-order valence-electron chi connectivity index (χ3n) is 3.29. The van der Waals surface area contributed by atoms with E-state index >= 15 is 0 Å². The number of aryl methyl sites for hydroxylation is 1. The summed E-state index contributed by atoms with van der Waals surface area (Å²) in [5.41, 5.74) is 1.16. The van der Waals surface area contributed by atoms with E-state index in [0.29, 0.717) is 6.54 Å². The summed E-state index contributed by atoms with van der Waals surface area (Å²) in [5, 5.41) is 11.9. The topological polar surface area (TPSA) is 75.6 Å². The summed E-state index contributed by atoms with van der Waals surface area (Å²) in [7, 11) is 0. The Bertz CT molecular complexity index is 571. The molecule has 0 aliphatic rings. The monoisotopic (exact) mass is 307 g/mol. The Balaban J connectivity index is 2.88. The average Bonchev–Trinajstić information content (AvgIpc) is 2.34. The van der Waals surface area contributed by atoms with Crippen molar-refractivity contribution in [2.75, 3.05) is 6.54 Å². The van der Waals surface area contributed by atoms with E-state index in [1.165, 1.54) is 0 Å². The molecular formula is C17H25NO4. The molecule has 0 fully saturated rings. The van der Waals surface area contributed by atoms with Crippen LogP contribution in [0.15, 0.2) is 18.2 Å². The van der Waals surface area contributed by atoms with E-state index in [-0.39, 0.29) is 5.56 Å². The lowest BCUT2D eigenvalue weighted by Crippen LogP contribution is -2.40. The molecule has 2 N–H and O–H groups in total. The first-order valence-electron chi connectivity index (χ1n) is 7.24. The summed E-state index contributed by atoms with van der Waals surface area (Å²) in [6.07, 6.45) is -0.479. The van der Waals surface area contributed by atoms with Gasteiger partial charge in [0, 0.05) is 12.0 Å². The molecule has 122 valence electrons. The summed E-state index contributed by atoms with van der Waals surface area (Å²) >= 11 is 0. The molecule has 22 heavy (non-hydrogen) atoms. The van der Waals surface area contributed by atoms with Gasteiger partial charge in [0.1, 0.15) is 5.60 Å². The van der Waals surface area contributed by atoms with Crippen molar-refractivity contribution in [3.05, 3.63) is 34.9 Å². The van der Waals surface area contributed by atoms with Crippen LogP contribution in [-0.2, 0) is 10.2 Å². The zero-order valence-corrected chi connectivity index (χ0v) is 14.1. The third kappa shape index (κ3) is 5.06. The molecule has 0 saturated carbocycles. The molecule has 0 saturated heterocycles. The van der Waals surface area contributed by atoms with E-state index in [2.05, 4.69) is 5.32 Å². The van der Waals surface area contributed by atoms with E-state index in [9.17, 15) is 9.59 Å². The second-order valence-corrected chi connectivity index (χ2v) is 7.07. The van der Waals surface area contributed by atoms with Gasteiger partial charge in [0.05, 0.1) is 5.56 Å². The number of nitrogens with one attached hydrogen (secondary N) is 1. The van der Waals surface area contributed by atoms with Gasteiger partial charge < -0.3 is 15.2 Å². The maximum atomic E-state index is 11.8. The highest BCUT2D eigenvalue weighted by Crippen LogP contribution is 2.27. The van der Waals surface area contributed by atoms with Crippen molar-refractivity contribution < 1.29 is 19.4 Å². The average molecular weight is 307 g/mol. The molecule has 0 aliphatic carbocycles. The molecule has 1 amide bonds. The predicted octanol–water partition coefficient (Wildman–Crippen LogP) is 3.50. The smallest absolute Gasteiger partial charge is 0.407 e. The van der Waals surface area contributed by atoms with Crippen LogP contribution in [0.4, 0.5) is 4.79 Å². The van der Waals surface area contributed by atoms with Crippen LogP contribution in [0.1, 0.15) is 56.1 Å². The van der Waals surface area contributed by atoms with E-state index < -0.39 is 23.1 Å². The number of ether oxygens (including phenoxy) is 1. The molecule has 0 radical (unpaired) electrons. The van der Waals surface area contributed by atoms with Crippen molar-refractivity contribution in [2.45, 2.75) is 52.6 Å². The summed E-state index contributed by atoms with van der Waals surface area (Å²) in [4.78, 5) is 22.9. The fourth-order valence-corrected chi connectivity index (χ4v) is 2.19. The van der Waals surface area contributed by atoms with Crippen LogP contribution < -0.4 is 5.32 Å². The van der Waals surface area contributed by atoms with Crippen molar-refractivity contribution in [1.82, 2.24) is 5.32 Å². The molecule has 0 aromatic heterocycles. The number of carboxylic acid groups (broad SMARTS) is 1. The minimum atomic E-state index is -0.961. The van der Waals surface area contributed by atoms with E-state index in [1.54, 1.807) is 39.0 Å². The second-order valence-electron chi connectivity index (χ2n) is 7.07. The molecule has 5 heteroatoms. The van der Waals surface area contributed by atoms with Gasteiger partial charge in [-0.15, -0.1) is 0 Å². The Kier molecular flexibility index (Phi) is 5.22. The molecule has 0 unspecified atom stereocenters. The van der Waals surface area contributed by atoms with E-state index in [4.69, 9.17) is 9.84 Å². The Labute approximate surface area is 131 Å². The van der Waals surface area contributed by atoms with Gasteiger partial charge in [-0.25, -0.2) is 9.59 Å². The van der Waals surface area contributed by atoms with Crippen LogP contribution in [0, 0.1) is 6.92 Å². The van der Waals surface area contributed by atoms with Gasteiger partial charge in [0.25, 0.3) is 0 Å². The number of amides is 1. The summed E-state index contributed by atoms with van der Waals surface area (Å²) in [6.45, 7) is 11.6. The first kappa shape index (κ1) is 18.0. The number of alkyl carbamates (subject to hydrolysis) is 1. The third-order valence-corrected chi connectivity index (χ3v) is 3.29. The molecule has 0 atom stereocenters. The minimum Gasteiger partial charge on any atom is -0.478 e. The van der Waals surface area contributed by atoms with Crippen molar-refractivity contribution >= 4 is 12.1 Å². The van der Waals surface area contributed by atoms with Crippen LogP contribution in [0.2, 0.25) is 0 Å². The number of hydrogen-bond donors (Lipinski definition) is 2. The van der Waals surface area contributed by atoms with Crippen LogP contribution in [0.5, 0.6) is 0 Å². The molecular weight excluding hydrogens is 282 g/mol. The van der Waals surface area contributed by atoms with Gasteiger partial charge >= 0.3 is 12.1 Å². The van der Waals surface area contributed by atoms with Crippen LogP contribution >= 0.6 is 0 Å². The number of rotatable bonds is 4. The lowest BCUT2D eigenvalue weighted by Gasteiger charge is -2.28. The molecule has 5 nitrogen and oxygen atoms in total. The SMILES string of the molecule is Cc1ccc(C(=O)O)cc1C(C)(C)CNC(=O)OC(C)(C)C. The van der Waals surface area contributed by atoms with Gasteiger partial charge in [-0.3, -0.25) is 0 Å². The van der Waals surface area contributed by atoms with Gasteiger partial charge in [0.2, 0.25) is 0 Å². The van der Waals surface area contributed by atoms with Crippen molar-refractivity contribution in [1.29, 1.82) is 0 Å². The molecule has 0 bridgehead atoms. The van der Waals surface area contributed by atoms with E-state index in [0.717, 1.165) is 11.1 Å². The first-order valence-corrected chi connectivity index (χ1v) is 7.24. The number of carbonyl (C=O) groups excluding carboxylic acids is 1. The highest BCUT2D eigenvalue weighted by atomic mass is 16.6. The number of benzene rings is 1. The Morgan fingerprint density at radius 2 is 1.77 bits per heavy atom. The number of hydrogen-bond acceptors (Lipinski definition) is 3. The zero-order valence-electron chi connectivity index (χ0n) is 14.1. The molecule has 0 aliphatic heterocycles. The lowest BCUT2D eigenvalue weighted by atomic mass is 9.81. The van der Waals surface area contributed by atoms with Crippen molar-refractivity contribution in [3.8, 4) is 0 Å².